The lowest BCUT2D eigenvalue weighted by molar-refractivity contribution is 0.0538. The Morgan fingerprint density at radius 2 is 1.57 bits per heavy atom. The van der Waals surface area contributed by atoms with Crippen LogP contribution < -0.4 is 5.32 Å². The molecule has 8 heteroatoms. The van der Waals surface area contributed by atoms with Crippen LogP contribution in [0.4, 0.5) is 5.00 Å². The highest BCUT2D eigenvalue weighted by atomic mass is 32.1. The summed E-state index contributed by atoms with van der Waals surface area (Å²) in [5, 5.41) is 3.31. The first-order chi connectivity index (χ1) is 14.5. The number of hydrogen-bond donors (Lipinski definition) is 1. The topological polar surface area (TPSA) is 82.9 Å². The smallest absolute Gasteiger partial charge is 0.291 e. The summed E-state index contributed by atoms with van der Waals surface area (Å²) >= 11 is 1.22. The van der Waals surface area contributed by atoms with Gasteiger partial charge >= 0.3 is 0 Å². The minimum atomic E-state index is -0.357. The van der Waals surface area contributed by atoms with Crippen molar-refractivity contribution in [3.05, 3.63) is 76.6 Å². The van der Waals surface area contributed by atoms with Crippen LogP contribution in [0.25, 0.3) is 0 Å². The van der Waals surface area contributed by atoms with Crippen LogP contribution in [-0.4, -0.2) is 53.7 Å². The van der Waals surface area contributed by atoms with E-state index < -0.39 is 0 Å². The third-order valence-electron chi connectivity index (χ3n) is 4.95. The van der Waals surface area contributed by atoms with Crippen molar-refractivity contribution in [2.75, 3.05) is 31.5 Å². The lowest BCUT2D eigenvalue weighted by Crippen LogP contribution is -2.50. The van der Waals surface area contributed by atoms with Crippen LogP contribution in [0.3, 0.4) is 0 Å². The van der Waals surface area contributed by atoms with Gasteiger partial charge in [0.25, 0.3) is 17.7 Å². The Labute approximate surface area is 177 Å². The fourth-order valence-electron chi connectivity index (χ4n) is 3.25. The number of hydrogen-bond acceptors (Lipinski definition) is 5. The number of piperazine rings is 1. The number of nitrogens with zero attached hydrogens (tertiary/aromatic N) is 2. The van der Waals surface area contributed by atoms with Gasteiger partial charge in [0, 0.05) is 31.7 Å². The van der Waals surface area contributed by atoms with E-state index in [1.807, 2.05) is 31.2 Å². The van der Waals surface area contributed by atoms with Gasteiger partial charge < -0.3 is 19.5 Å². The van der Waals surface area contributed by atoms with Crippen LogP contribution in [0.15, 0.2) is 59.2 Å². The molecule has 0 bridgehead atoms. The van der Waals surface area contributed by atoms with Crippen LogP contribution >= 0.6 is 11.3 Å². The molecule has 0 atom stereocenters. The highest BCUT2D eigenvalue weighted by Crippen LogP contribution is 2.24. The molecule has 154 valence electrons. The number of nitrogens with one attached hydrogen (secondary N) is 1. The van der Waals surface area contributed by atoms with Gasteiger partial charge in [-0.2, -0.15) is 0 Å². The van der Waals surface area contributed by atoms with E-state index in [9.17, 15) is 14.4 Å². The monoisotopic (exact) mass is 423 g/mol. The number of carbonyl (C=O) groups is 3. The number of furan rings is 1. The zero-order valence-electron chi connectivity index (χ0n) is 16.5. The number of carbonyl (C=O) groups excluding carboxylic acids is 3. The average Bonchev–Trinajstić information content (AvgIpc) is 3.46. The molecule has 30 heavy (non-hydrogen) atoms. The van der Waals surface area contributed by atoms with Crippen LogP contribution in [0.2, 0.25) is 0 Å². The fraction of sp³-hybridized carbons (Fsp3) is 0.227. The van der Waals surface area contributed by atoms with E-state index in [4.69, 9.17) is 4.42 Å². The quantitative estimate of drug-likeness (QED) is 0.696. The summed E-state index contributed by atoms with van der Waals surface area (Å²) in [7, 11) is 0. The molecular formula is C22H21N3O4S. The number of benzene rings is 1. The minimum absolute atomic E-state index is 0.0128. The van der Waals surface area contributed by atoms with E-state index in [1.54, 1.807) is 34.1 Å². The molecule has 0 radical (unpaired) electrons. The van der Waals surface area contributed by atoms with E-state index in [1.165, 1.54) is 17.6 Å². The van der Waals surface area contributed by atoms with Gasteiger partial charge in [0.05, 0.1) is 16.1 Å². The Balaban J connectivity index is 1.33. The second-order valence-electron chi connectivity index (χ2n) is 7.05. The Morgan fingerprint density at radius 3 is 2.20 bits per heavy atom. The SMILES string of the molecule is Cc1ccc(C(=O)N2CCN(C(=O)c3ccc(NC(=O)c4ccco4)s3)CC2)cc1. The van der Waals surface area contributed by atoms with Gasteiger partial charge in [-0.05, 0) is 43.3 Å². The first-order valence-corrected chi connectivity index (χ1v) is 10.4. The molecule has 0 aliphatic carbocycles. The molecule has 7 nitrogen and oxygen atoms in total. The number of amides is 3. The molecule has 1 aromatic carbocycles. The van der Waals surface area contributed by atoms with Crippen molar-refractivity contribution in [3.8, 4) is 0 Å². The maximum atomic E-state index is 12.8. The molecule has 4 rings (SSSR count). The van der Waals surface area contributed by atoms with E-state index >= 15 is 0 Å². The van der Waals surface area contributed by atoms with Crippen molar-refractivity contribution in [2.24, 2.45) is 0 Å². The number of anilines is 1. The van der Waals surface area contributed by atoms with Gasteiger partial charge in [-0.15, -0.1) is 11.3 Å². The van der Waals surface area contributed by atoms with Crippen LogP contribution in [-0.2, 0) is 0 Å². The number of aryl methyl sites for hydroxylation is 1. The molecule has 0 unspecified atom stereocenters. The Kier molecular flexibility index (Phi) is 5.67. The van der Waals surface area contributed by atoms with E-state index in [0.29, 0.717) is 41.6 Å². The molecule has 1 N–H and O–H groups in total. The molecule has 1 fully saturated rings. The largest absolute Gasteiger partial charge is 0.459 e. The molecule has 3 heterocycles. The average molecular weight is 423 g/mol. The van der Waals surface area contributed by atoms with Crippen molar-refractivity contribution in [2.45, 2.75) is 6.92 Å². The van der Waals surface area contributed by atoms with Gasteiger partial charge in [-0.25, -0.2) is 0 Å². The Bertz CT molecular complexity index is 1050. The Hall–Kier alpha value is -3.39. The van der Waals surface area contributed by atoms with Gasteiger partial charge in [0.2, 0.25) is 0 Å². The van der Waals surface area contributed by atoms with Crippen LogP contribution in [0, 0.1) is 6.92 Å². The predicted octanol–water partition coefficient (Wildman–Crippen LogP) is 3.50. The lowest BCUT2D eigenvalue weighted by atomic mass is 10.1. The zero-order valence-corrected chi connectivity index (χ0v) is 17.3. The Morgan fingerprint density at radius 1 is 0.900 bits per heavy atom. The van der Waals surface area contributed by atoms with Crippen LogP contribution in [0.5, 0.6) is 0 Å². The summed E-state index contributed by atoms with van der Waals surface area (Å²) < 4.78 is 5.07. The highest BCUT2D eigenvalue weighted by Gasteiger charge is 2.26. The van der Waals surface area contributed by atoms with Crippen molar-refractivity contribution in [1.82, 2.24) is 9.80 Å². The maximum Gasteiger partial charge on any atom is 0.291 e. The first-order valence-electron chi connectivity index (χ1n) is 9.61. The molecular weight excluding hydrogens is 402 g/mol. The molecule has 3 aromatic rings. The summed E-state index contributed by atoms with van der Waals surface area (Å²) in [5.41, 5.74) is 1.77. The molecule has 1 aliphatic rings. The molecule has 3 amide bonds. The van der Waals surface area contributed by atoms with Gasteiger partial charge in [-0.1, -0.05) is 17.7 Å². The van der Waals surface area contributed by atoms with Crippen molar-refractivity contribution >= 4 is 34.1 Å². The van der Waals surface area contributed by atoms with Gasteiger partial charge in [-0.3, -0.25) is 14.4 Å². The summed E-state index contributed by atoms with van der Waals surface area (Å²) in [4.78, 5) is 41.6. The second kappa shape index (κ2) is 8.54. The summed E-state index contributed by atoms with van der Waals surface area (Å²) in [6.07, 6.45) is 1.43. The summed E-state index contributed by atoms with van der Waals surface area (Å²) in [5.74, 6) is -0.253. The van der Waals surface area contributed by atoms with E-state index in [2.05, 4.69) is 5.32 Å². The predicted molar refractivity (Wildman–Crippen MR) is 114 cm³/mol. The van der Waals surface area contributed by atoms with E-state index in [0.717, 1.165) is 5.56 Å². The molecule has 1 saturated heterocycles. The first kappa shape index (κ1) is 19.9. The molecule has 2 aromatic heterocycles. The fourth-order valence-corrected chi connectivity index (χ4v) is 4.12. The second-order valence-corrected chi connectivity index (χ2v) is 8.13. The van der Waals surface area contributed by atoms with Crippen molar-refractivity contribution < 1.29 is 18.8 Å². The standard InChI is InChI=1S/C22H21N3O4S/c1-15-4-6-16(7-5-15)21(27)24-10-12-25(13-11-24)22(28)18-8-9-19(30-18)23-20(26)17-3-2-14-29-17/h2-9,14H,10-13H2,1H3,(H,23,26). The van der Waals surface area contributed by atoms with Crippen molar-refractivity contribution in [1.29, 1.82) is 0 Å². The van der Waals surface area contributed by atoms with Crippen molar-refractivity contribution in [3.63, 3.8) is 0 Å². The lowest BCUT2D eigenvalue weighted by Gasteiger charge is -2.34. The number of rotatable bonds is 4. The third kappa shape index (κ3) is 4.28. The number of thiophene rings is 1. The summed E-state index contributed by atoms with van der Waals surface area (Å²) in [6, 6.07) is 14.1. The van der Waals surface area contributed by atoms with Gasteiger partial charge in [0.1, 0.15) is 0 Å². The highest BCUT2D eigenvalue weighted by molar-refractivity contribution is 7.18. The normalized spacial score (nSPS) is 13.9. The van der Waals surface area contributed by atoms with Crippen LogP contribution in [0.1, 0.15) is 36.1 Å². The third-order valence-corrected chi connectivity index (χ3v) is 5.94. The van der Waals surface area contributed by atoms with Gasteiger partial charge in [0.15, 0.2) is 5.76 Å². The minimum Gasteiger partial charge on any atom is -0.459 e. The zero-order chi connectivity index (χ0) is 21.1. The molecule has 1 aliphatic heterocycles. The molecule has 0 spiro atoms. The van der Waals surface area contributed by atoms with E-state index in [-0.39, 0.29) is 23.5 Å². The molecule has 0 saturated carbocycles. The maximum absolute atomic E-state index is 12.8. The summed E-state index contributed by atoms with van der Waals surface area (Å²) in [6.45, 7) is 3.92.